The Labute approximate surface area is 183 Å². The van der Waals surface area contributed by atoms with E-state index in [4.69, 9.17) is 4.98 Å². The zero-order chi connectivity index (χ0) is 21.5. The van der Waals surface area contributed by atoms with Crippen molar-refractivity contribution >= 4 is 28.1 Å². The van der Waals surface area contributed by atoms with Gasteiger partial charge in [0.2, 0.25) is 0 Å². The number of halogens is 1. The smallest absolute Gasteiger partial charge is 0.186 e. The Balaban J connectivity index is 1.44. The second-order valence-electron chi connectivity index (χ2n) is 7.79. The molecule has 0 bridgehead atoms. The highest BCUT2D eigenvalue weighted by atomic mass is 19.1. The fraction of sp³-hybridized carbons (Fsp3) is 0.167. The highest BCUT2D eigenvalue weighted by Gasteiger charge is 2.23. The van der Waals surface area contributed by atoms with E-state index >= 15 is 0 Å². The van der Waals surface area contributed by atoms with Gasteiger partial charge in [-0.15, -0.1) is 5.10 Å². The number of fused-ring (bicyclic) bond motifs is 3. The lowest BCUT2D eigenvalue weighted by Gasteiger charge is -2.37. The normalized spacial score (nSPS) is 14.4. The Bertz CT molecular complexity index is 1410. The molecule has 0 atom stereocenters. The standard InChI is InChI=1S/C24H20FN7/c25-20-7-3-1-5-18(20)22-24-27-23(19-6-2-4-8-21(19)32(24)29-28-22)31-15-13-30(14-16-31)17-9-11-26-12-10-17/h1-12H,13-16H2. The minimum absolute atomic E-state index is 0.336. The van der Waals surface area contributed by atoms with Crippen molar-refractivity contribution in [2.24, 2.45) is 0 Å². The highest BCUT2D eigenvalue weighted by Crippen LogP contribution is 2.31. The van der Waals surface area contributed by atoms with E-state index in [2.05, 4.69) is 31.2 Å². The maximum Gasteiger partial charge on any atom is 0.186 e. The van der Waals surface area contributed by atoms with Gasteiger partial charge < -0.3 is 9.80 Å². The maximum absolute atomic E-state index is 14.5. The van der Waals surface area contributed by atoms with Crippen LogP contribution in [-0.2, 0) is 0 Å². The van der Waals surface area contributed by atoms with Gasteiger partial charge in [0.25, 0.3) is 0 Å². The molecular weight excluding hydrogens is 405 g/mol. The molecule has 1 saturated heterocycles. The molecule has 6 rings (SSSR count). The van der Waals surface area contributed by atoms with E-state index in [1.54, 1.807) is 22.7 Å². The molecule has 7 nitrogen and oxygen atoms in total. The predicted octanol–water partition coefficient (Wildman–Crippen LogP) is 3.81. The molecule has 0 amide bonds. The first-order valence-electron chi connectivity index (χ1n) is 10.6. The van der Waals surface area contributed by atoms with Crippen LogP contribution in [0.15, 0.2) is 73.1 Å². The van der Waals surface area contributed by atoms with Gasteiger partial charge in [-0.1, -0.05) is 29.5 Å². The van der Waals surface area contributed by atoms with Gasteiger partial charge in [0.15, 0.2) is 5.65 Å². The molecule has 32 heavy (non-hydrogen) atoms. The van der Waals surface area contributed by atoms with E-state index in [-0.39, 0.29) is 5.82 Å². The Morgan fingerprint density at radius 2 is 1.50 bits per heavy atom. The number of anilines is 2. The second-order valence-corrected chi connectivity index (χ2v) is 7.79. The van der Waals surface area contributed by atoms with Crippen molar-refractivity contribution in [2.45, 2.75) is 0 Å². The van der Waals surface area contributed by atoms with Crippen LogP contribution in [0.2, 0.25) is 0 Å². The number of hydrogen-bond acceptors (Lipinski definition) is 6. The number of aromatic nitrogens is 5. The first-order valence-corrected chi connectivity index (χ1v) is 10.6. The molecule has 0 aliphatic carbocycles. The van der Waals surface area contributed by atoms with Crippen LogP contribution in [0.5, 0.6) is 0 Å². The first-order chi connectivity index (χ1) is 15.8. The van der Waals surface area contributed by atoms with E-state index in [9.17, 15) is 4.39 Å². The fourth-order valence-corrected chi connectivity index (χ4v) is 4.35. The molecule has 0 unspecified atom stereocenters. The number of benzene rings is 2. The number of hydrogen-bond donors (Lipinski definition) is 0. The minimum Gasteiger partial charge on any atom is -0.368 e. The SMILES string of the molecule is Fc1ccccc1-c1nnn2c1nc(N1CCN(c3ccncc3)CC1)c1ccccc12. The predicted molar refractivity (Wildman–Crippen MR) is 122 cm³/mol. The van der Waals surface area contributed by atoms with Crippen molar-refractivity contribution < 1.29 is 4.39 Å². The van der Waals surface area contributed by atoms with Gasteiger partial charge in [0.1, 0.15) is 17.3 Å². The molecular formula is C24H20FN7. The summed E-state index contributed by atoms with van der Waals surface area (Å²) in [5, 5.41) is 9.60. The molecule has 0 N–H and O–H groups in total. The lowest BCUT2D eigenvalue weighted by atomic mass is 10.1. The zero-order valence-corrected chi connectivity index (χ0v) is 17.3. The zero-order valence-electron chi connectivity index (χ0n) is 17.3. The van der Waals surface area contributed by atoms with E-state index in [1.807, 2.05) is 42.7 Å². The summed E-state index contributed by atoms with van der Waals surface area (Å²) in [6.07, 6.45) is 3.64. The average Bonchev–Trinajstić information content (AvgIpc) is 3.28. The molecule has 0 radical (unpaired) electrons. The van der Waals surface area contributed by atoms with Crippen LogP contribution in [0, 0.1) is 5.82 Å². The summed E-state index contributed by atoms with van der Waals surface area (Å²) >= 11 is 0. The number of pyridine rings is 1. The van der Waals surface area contributed by atoms with Crippen LogP contribution in [0.3, 0.4) is 0 Å². The summed E-state index contributed by atoms with van der Waals surface area (Å²) in [7, 11) is 0. The quantitative estimate of drug-likeness (QED) is 0.438. The lowest BCUT2D eigenvalue weighted by molar-refractivity contribution is 0.630. The van der Waals surface area contributed by atoms with Crippen molar-refractivity contribution in [2.75, 3.05) is 36.0 Å². The van der Waals surface area contributed by atoms with Crippen molar-refractivity contribution in [3.8, 4) is 11.3 Å². The van der Waals surface area contributed by atoms with E-state index in [0.717, 1.165) is 42.9 Å². The average molecular weight is 425 g/mol. The van der Waals surface area contributed by atoms with Gasteiger partial charge in [0.05, 0.1) is 5.52 Å². The number of nitrogens with zero attached hydrogens (tertiary/aromatic N) is 7. The summed E-state index contributed by atoms with van der Waals surface area (Å²) in [6, 6.07) is 18.7. The third kappa shape index (κ3) is 3.03. The molecule has 0 spiro atoms. The molecule has 4 heterocycles. The van der Waals surface area contributed by atoms with Gasteiger partial charge >= 0.3 is 0 Å². The molecule has 1 fully saturated rings. The molecule has 1 aliphatic heterocycles. The topological polar surface area (TPSA) is 62.5 Å². The second kappa shape index (κ2) is 7.56. The minimum atomic E-state index is -0.336. The Hall–Kier alpha value is -4.07. The molecule has 1 aliphatic rings. The summed E-state index contributed by atoms with van der Waals surface area (Å²) in [6.45, 7) is 3.41. The van der Waals surface area contributed by atoms with Crippen molar-refractivity contribution in [3.05, 3.63) is 78.9 Å². The number of piperazine rings is 1. The molecule has 8 heteroatoms. The lowest BCUT2D eigenvalue weighted by Crippen LogP contribution is -2.47. The van der Waals surface area contributed by atoms with Gasteiger partial charge in [-0.2, -0.15) is 4.52 Å². The fourth-order valence-electron chi connectivity index (χ4n) is 4.35. The Morgan fingerprint density at radius 3 is 2.31 bits per heavy atom. The molecule has 2 aromatic carbocycles. The van der Waals surface area contributed by atoms with Crippen LogP contribution >= 0.6 is 0 Å². The van der Waals surface area contributed by atoms with Gasteiger partial charge in [-0.3, -0.25) is 4.98 Å². The Kier molecular flexibility index (Phi) is 4.41. The van der Waals surface area contributed by atoms with Gasteiger partial charge in [-0.05, 0) is 36.4 Å². The van der Waals surface area contributed by atoms with Gasteiger partial charge in [-0.25, -0.2) is 9.37 Å². The largest absolute Gasteiger partial charge is 0.368 e. The summed E-state index contributed by atoms with van der Waals surface area (Å²) in [5.41, 5.74) is 3.48. The van der Waals surface area contributed by atoms with Crippen LogP contribution in [-0.4, -0.2) is 51.0 Å². The third-order valence-corrected chi connectivity index (χ3v) is 5.97. The monoisotopic (exact) mass is 425 g/mol. The summed E-state index contributed by atoms with van der Waals surface area (Å²) in [4.78, 5) is 13.7. The maximum atomic E-state index is 14.5. The molecule has 3 aromatic heterocycles. The van der Waals surface area contributed by atoms with Crippen molar-refractivity contribution in [3.63, 3.8) is 0 Å². The highest BCUT2D eigenvalue weighted by molar-refractivity contribution is 5.93. The first kappa shape index (κ1) is 18.7. The summed E-state index contributed by atoms with van der Waals surface area (Å²) < 4.78 is 16.2. The Morgan fingerprint density at radius 1 is 0.781 bits per heavy atom. The van der Waals surface area contributed by atoms with Crippen molar-refractivity contribution in [1.29, 1.82) is 0 Å². The third-order valence-electron chi connectivity index (χ3n) is 5.97. The van der Waals surface area contributed by atoms with Crippen LogP contribution in [0.25, 0.3) is 27.8 Å². The van der Waals surface area contributed by atoms with Crippen molar-refractivity contribution in [1.82, 2.24) is 24.8 Å². The van der Waals surface area contributed by atoms with E-state index in [0.29, 0.717) is 16.9 Å². The van der Waals surface area contributed by atoms with Crippen LogP contribution in [0.4, 0.5) is 15.9 Å². The van der Waals surface area contributed by atoms with Gasteiger partial charge in [0, 0.05) is 55.2 Å². The van der Waals surface area contributed by atoms with E-state index in [1.165, 1.54) is 11.8 Å². The molecule has 5 aromatic rings. The molecule has 0 saturated carbocycles. The molecule has 158 valence electrons. The number of para-hydroxylation sites is 1. The summed E-state index contributed by atoms with van der Waals surface area (Å²) in [5.74, 6) is 0.541. The van der Waals surface area contributed by atoms with E-state index < -0.39 is 0 Å². The number of rotatable bonds is 3. The van der Waals surface area contributed by atoms with Crippen LogP contribution in [0.1, 0.15) is 0 Å². The van der Waals surface area contributed by atoms with Crippen LogP contribution < -0.4 is 9.80 Å².